The van der Waals surface area contributed by atoms with Crippen LogP contribution in [0.25, 0.3) is 0 Å². The zero-order valence-electron chi connectivity index (χ0n) is 11.0. The highest BCUT2D eigenvalue weighted by atomic mass is 16.5. The van der Waals surface area contributed by atoms with E-state index in [1.54, 1.807) is 0 Å². The molecule has 1 fully saturated rings. The predicted molar refractivity (Wildman–Crippen MR) is 66.5 cm³/mol. The van der Waals surface area contributed by atoms with E-state index in [4.69, 9.17) is 9.84 Å². The minimum Gasteiger partial charge on any atom is -0.480 e. The van der Waals surface area contributed by atoms with Crippen LogP contribution in [-0.2, 0) is 9.53 Å². The van der Waals surface area contributed by atoms with Gasteiger partial charge in [-0.25, -0.2) is 9.59 Å². The van der Waals surface area contributed by atoms with Crippen LogP contribution in [-0.4, -0.2) is 41.9 Å². The third-order valence-electron chi connectivity index (χ3n) is 3.10. The molecule has 6 nitrogen and oxygen atoms in total. The average Bonchev–Trinajstić information content (AvgIpc) is 2.73. The van der Waals surface area contributed by atoms with Gasteiger partial charge in [-0.05, 0) is 26.2 Å². The van der Waals surface area contributed by atoms with Crippen LogP contribution in [0.15, 0.2) is 0 Å². The van der Waals surface area contributed by atoms with Crippen LogP contribution in [0.2, 0.25) is 0 Å². The Kier molecular flexibility index (Phi) is 5.40. The van der Waals surface area contributed by atoms with E-state index in [1.165, 1.54) is 0 Å². The molecule has 18 heavy (non-hydrogen) atoms. The SMILES string of the molecule is CCC[C@@H](NC(=O)NCC1(C)CCCO1)C(=O)O. The van der Waals surface area contributed by atoms with Gasteiger partial charge in [-0.2, -0.15) is 0 Å². The number of ether oxygens (including phenoxy) is 1. The zero-order valence-corrected chi connectivity index (χ0v) is 11.0. The van der Waals surface area contributed by atoms with Crippen LogP contribution in [0, 0.1) is 0 Å². The maximum Gasteiger partial charge on any atom is 0.326 e. The van der Waals surface area contributed by atoms with Gasteiger partial charge < -0.3 is 20.5 Å². The number of rotatable bonds is 6. The van der Waals surface area contributed by atoms with E-state index < -0.39 is 18.0 Å². The summed E-state index contributed by atoms with van der Waals surface area (Å²) in [6, 6.07) is -1.28. The lowest BCUT2D eigenvalue weighted by molar-refractivity contribution is -0.139. The first kappa shape index (κ1) is 14.8. The van der Waals surface area contributed by atoms with E-state index in [2.05, 4.69) is 10.6 Å². The van der Waals surface area contributed by atoms with Crippen molar-refractivity contribution in [3.63, 3.8) is 0 Å². The van der Waals surface area contributed by atoms with Crippen LogP contribution in [0.1, 0.15) is 39.5 Å². The lowest BCUT2D eigenvalue weighted by atomic mass is 10.0. The number of carbonyl (C=O) groups excluding carboxylic acids is 1. The van der Waals surface area contributed by atoms with Crippen molar-refractivity contribution in [2.75, 3.05) is 13.2 Å². The quantitative estimate of drug-likeness (QED) is 0.666. The highest BCUT2D eigenvalue weighted by Gasteiger charge is 2.30. The number of carbonyl (C=O) groups is 2. The zero-order chi connectivity index (χ0) is 13.6. The molecular formula is C12H22N2O4. The van der Waals surface area contributed by atoms with Crippen molar-refractivity contribution in [3.05, 3.63) is 0 Å². The molecule has 0 aliphatic carbocycles. The molecule has 1 aliphatic rings. The minimum atomic E-state index is -1.00. The number of carboxylic acid groups (broad SMARTS) is 1. The molecule has 2 atom stereocenters. The summed E-state index contributed by atoms with van der Waals surface area (Å²) >= 11 is 0. The first-order valence-corrected chi connectivity index (χ1v) is 6.38. The normalized spacial score (nSPS) is 24.6. The second kappa shape index (κ2) is 6.58. The van der Waals surface area contributed by atoms with Crippen molar-refractivity contribution in [2.45, 2.75) is 51.2 Å². The summed E-state index contributed by atoms with van der Waals surface area (Å²) in [5.41, 5.74) is -0.319. The molecule has 0 radical (unpaired) electrons. The summed E-state index contributed by atoms with van der Waals surface area (Å²) in [6.45, 7) is 4.94. The molecule has 1 rings (SSSR count). The predicted octanol–water partition coefficient (Wildman–Crippen LogP) is 1.11. The van der Waals surface area contributed by atoms with E-state index >= 15 is 0 Å². The standard InChI is InChI=1S/C12H22N2O4/c1-3-5-9(10(15)16)14-11(17)13-8-12(2)6-4-7-18-12/h9H,3-8H2,1-2H3,(H,15,16)(H2,13,14,17)/t9-,12?/m1/s1. The summed E-state index contributed by atoms with van der Waals surface area (Å²) in [4.78, 5) is 22.5. The molecule has 0 bridgehead atoms. The third kappa shape index (κ3) is 4.52. The maximum atomic E-state index is 11.6. The number of amides is 2. The fourth-order valence-corrected chi connectivity index (χ4v) is 2.00. The molecular weight excluding hydrogens is 236 g/mol. The fourth-order valence-electron chi connectivity index (χ4n) is 2.00. The summed E-state index contributed by atoms with van der Waals surface area (Å²) in [5, 5.41) is 14.0. The van der Waals surface area contributed by atoms with Gasteiger partial charge in [0.25, 0.3) is 0 Å². The highest BCUT2D eigenvalue weighted by molar-refractivity contribution is 5.82. The van der Waals surface area contributed by atoms with E-state index in [0.717, 1.165) is 12.8 Å². The van der Waals surface area contributed by atoms with Crippen LogP contribution in [0.5, 0.6) is 0 Å². The van der Waals surface area contributed by atoms with Crippen molar-refractivity contribution in [1.82, 2.24) is 10.6 Å². The molecule has 3 N–H and O–H groups in total. The summed E-state index contributed by atoms with van der Waals surface area (Å²) in [6.07, 6.45) is 3.03. The topological polar surface area (TPSA) is 87.7 Å². The Labute approximate surface area is 107 Å². The van der Waals surface area contributed by atoms with Gasteiger partial charge in [-0.15, -0.1) is 0 Å². The first-order chi connectivity index (χ1) is 8.47. The molecule has 1 heterocycles. The monoisotopic (exact) mass is 258 g/mol. The van der Waals surface area contributed by atoms with Crippen molar-refractivity contribution < 1.29 is 19.4 Å². The second-order valence-electron chi connectivity index (χ2n) is 4.91. The van der Waals surface area contributed by atoms with Crippen molar-refractivity contribution in [3.8, 4) is 0 Å². The van der Waals surface area contributed by atoms with E-state index in [-0.39, 0.29) is 5.60 Å². The Hall–Kier alpha value is -1.30. The Morgan fingerprint density at radius 3 is 2.72 bits per heavy atom. The number of hydrogen-bond acceptors (Lipinski definition) is 3. The van der Waals surface area contributed by atoms with Gasteiger partial charge in [0.1, 0.15) is 6.04 Å². The van der Waals surface area contributed by atoms with Gasteiger partial charge in [-0.3, -0.25) is 0 Å². The van der Waals surface area contributed by atoms with Crippen molar-refractivity contribution in [2.24, 2.45) is 0 Å². The van der Waals surface area contributed by atoms with E-state index in [0.29, 0.717) is 26.0 Å². The van der Waals surface area contributed by atoms with Gasteiger partial charge in [0.2, 0.25) is 0 Å². The third-order valence-corrected chi connectivity index (χ3v) is 3.10. The molecule has 104 valence electrons. The van der Waals surface area contributed by atoms with E-state index in [9.17, 15) is 9.59 Å². The molecule has 0 aromatic heterocycles. The fraction of sp³-hybridized carbons (Fsp3) is 0.833. The van der Waals surface area contributed by atoms with Gasteiger partial charge >= 0.3 is 12.0 Å². The molecule has 0 aromatic rings. The molecule has 1 unspecified atom stereocenters. The van der Waals surface area contributed by atoms with Crippen molar-refractivity contribution in [1.29, 1.82) is 0 Å². The number of nitrogens with one attached hydrogen (secondary N) is 2. The minimum absolute atomic E-state index is 0.319. The maximum absolute atomic E-state index is 11.6. The van der Waals surface area contributed by atoms with Crippen LogP contribution in [0.4, 0.5) is 4.79 Å². The van der Waals surface area contributed by atoms with Crippen LogP contribution >= 0.6 is 0 Å². The Balaban J connectivity index is 2.33. The van der Waals surface area contributed by atoms with Gasteiger partial charge in [0.05, 0.1) is 5.60 Å². The lowest BCUT2D eigenvalue weighted by Crippen LogP contribution is -2.49. The van der Waals surface area contributed by atoms with E-state index in [1.807, 2.05) is 13.8 Å². The Bertz CT molecular complexity index is 300. The molecule has 1 aliphatic heterocycles. The smallest absolute Gasteiger partial charge is 0.326 e. The average molecular weight is 258 g/mol. The Morgan fingerprint density at radius 1 is 1.50 bits per heavy atom. The van der Waals surface area contributed by atoms with Gasteiger partial charge in [0.15, 0.2) is 0 Å². The number of urea groups is 1. The van der Waals surface area contributed by atoms with Gasteiger partial charge in [0, 0.05) is 13.2 Å². The van der Waals surface area contributed by atoms with Crippen molar-refractivity contribution >= 4 is 12.0 Å². The molecule has 0 aromatic carbocycles. The van der Waals surface area contributed by atoms with Crippen LogP contribution in [0.3, 0.4) is 0 Å². The first-order valence-electron chi connectivity index (χ1n) is 6.38. The van der Waals surface area contributed by atoms with Gasteiger partial charge in [-0.1, -0.05) is 13.3 Å². The molecule has 2 amide bonds. The summed E-state index contributed by atoms with van der Waals surface area (Å²) in [7, 11) is 0. The number of aliphatic carboxylic acids is 1. The second-order valence-corrected chi connectivity index (χ2v) is 4.91. The molecule has 1 saturated heterocycles. The summed E-state index contributed by atoms with van der Waals surface area (Å²) in [5.74, 6) is -1.00. The molecule has 0 spiro atoms. The highest BCUT2D eigenvalue weighted by Crippen LogP contribution is 2.23. The lowest BCUT2D eigenvalue weighted by Gasteiger charge is -2.24. The molecule has 0 saturated carbocycles. The Morgan fingerprint density at radius 2 is 2.22 bits per heavy atom. The largest absolute Gasteiger partial charge is 0.480 e. The number of carboxylic acids is 1. The number of hydrogen-bond donors (Lipinski definition) is 3. The summed E-state index contributed by atoms with van der Waals surface area (Å²) < 4.78 is 5.53. The molecule has 6 heteroatoms. The van der Waals surface area contributed by atoms with Crippen LogP contribution < -0.4 is 10.6 Å².